The van der Waals surface area contributed by atoms with E-state index in [0.717, 1.165) is 36.5 Å². The second-order valence-corrected chi connectivity index (χ2v) is 6.16. The molecule has 22 heavy (non-hydrogen) atoms. The highest BCUT2D eigenvalue weighted by Crippen LogP contribution is 2.16. The SMILES string of the molecule is Cc1ncsc1CNC(=O)c1ccn(C2CCCNC2)n1.Cl. The Balaban J connectivity index is 0.00000176. The van der Waals surface area contributed by atoms with Gasteiger partial charge in [-0.1, -0.05) is 0 Å². The van der Waals surface area contributed by atoms with Gasteiger partial charge >= 0.3 is 0 Å². The van der Waals surface area contributed by atoms with Crippen molar-refractivity contribution in [2.45, 2.75) is 32.4 Å². The number of piperidine rings is 1. The monoisotopic (exact) mass is 341 g/mol. The third-order valence-corrected chi connectivity index (χ3v) is 4.68. The van der Waals surface area contributed by atoms with E-state index in [1.165, 1.54) is 0 Å². The number of aryl methyl sites for hydroxylation is 1. The van der Waals surface area contributed by atoms with Crippen LogP contribution in [0.1, 0.15) is 39.9 Å². The topological polar surface area (TPSA) is 71.8 Å². The molecule has 8 heteroatoms. The maximum absolute atomic E-state index is 12.1. The summed E-state index contributed by atoms with van der Waals surface area (Å²) in [5, 5.41) is 10.7. The van der Waals surface area contributed by atoms with Crippen molar-refractivity contribution >= 4 is 29.7 Å². The molecule has 2 N–H and O–H groups in total. The summed E-state index contributed by atoms with van der Waals surface area (Å²) in [5.74, 6) is -0.134. The summed E-state index contributed by atoms with van der Waals surface area (Å²) >= 11 is 1.55. The van der Waals surface area contributed by atoms with Crippen molar-refractivity contribution < 1.29 is 4.79 Å². The van der Waals surface area contributed by atoms with Crippen LogP contribution in [0.5, 0.6) is 0 Å². The third kappa shape index (κ3) is 3.85. The fourth-order valence-electron chi connectivity index (χ4n) is 2.47. The summed E-state index contributed by atoms with van der Waals surface area (Å²) in [6, 6.07) is 2.13. The van der Waals surface area contributed by atoms with Crippen molar-refractivity contribution in [1.29, 1.82) is 0 Å². The first-order valence-corrected chi connectivity index (χ1v) is 8.05. The molecule has 1 aliphatic heterocycles. The Labute approximate surface area is 139 Å². The highest BCUT2D eigenvalue weighted by Gasteiger charge is 2.17. The summed E-state index contributed by atoms with van der Waals surface area (Å²) in [7, 11) is 0. The van der Waals surface area contributed by atoms with Crippen LogP contribution >= 0.6 is 23.7 Å². The number of carbonyl (C=O) groups is 1. The largest absolute Gasteiger partial charge is 0.346 e. The average molecular weight is 342 g/mol. The molecule has 1 fully saturated rings. The molecule has 0 spiro atoms. The van der Waals surface area contributed by atoms with Gasteiger partial charge in [0.05, 0.1) is 23.8 Å². The standard InChI is InChI=1S/C14H19N5OS.ClH/c1-10-13(21-9-17-10)8-16-14(20)12-4-6-19(18-12)11-3-2-5-15-7-11;/h4,6,9,11,15H,2-3,5,7-8H2,1H3,(H,16,20);1H. The van der Waals surface area contributed by atoms with E-state index in [4.69, 9.17) is 0 Å². The molecule has 1 aliphatic rings. The normalized spacial score (nSPS) is 17.8. The van der Waals surface area contributed by atoms with E-state index in [2.05, 4.69) is 20.7 Å². The maximum atomic E-state index is 12.1. The number of nitrogens with one attached hydrogen (secondary N) is 2. The smallest absolute Gasteiger partial charge is 0.272 e. The van der Waals surface area contributed by atoms with Crippen molar-refractivity contribution in [1.82, 2.24) is 25.4 Å². The number of hydrogen-bond acceptors (Lipinski definition) is 5. The molecule has 0 aromatic carbocycles. The predicted octanol–water partition coefficient (Wildman–Crippen LogP) is 1.92. The molecule has 1 saturated heterocycles. The van der Waals surface area contributed by atoms with Gasteiger partial charge in [-0.15, -0.1) is 23.7 Å². The summed E-state index contributed by atoms with van der Waals surface area (Å²) in [5.41, 5.74) is 3.24. The summed E-state index contributed by atoms with van der Waals surface area (Å²) in [6.07, 6.45) is 4.15. The van der Waals surface area contributed by atoms with Gasteiger partial charge < -0.3 is 10.6 Å². The zero-order chi connectivity index (χ0) is 14.7. The Bertz CT molecular complexity index is 620. The maximum Gasteiger partial charge on any atom is 0.272 e. The minimum atomic E-state index is -0.134. The van der Waals surface area contributed by atoms with Gasteiger partial charge in [0.1, 0.15) is 5.69 Å². The van der Waals surface area contributed by atoms with Crippen LogP contribution in [0.4, 0.5) is 0 Å². The number of rotatable bonds is 4. The van der Waals surface area contributed by atoms with Gasteiger partial charge in [0, 0.05) is 17.6 Å². The van der Waals surface area contributed by atoms with Crippen molar-refractivity contribution in [3.8, 4) is 0 Å². The second-order valence-electron chi connectivity index (χ2n) is 5.22. The molecule has 1 unspecified atom stereocenters. The van der Waals surface area contributed by atoms with Crippen LogP contribution in [0, 0.1) is 6.92 Å². The first kappa shape index (κ1) is 16.9. The Morgan fingerprint density at radius 1 is 1.59 bits per heavy atom. The highest BCUT2D eigenvalue weighted by atomic mass is 35.5. The third-order valence-electron chi connectivity index (χ3n) is 3.74. The molecule has 2 aromatic rings. The van der Waals surface area contributed by atoms with Crippen molar-refractivity contribution in [3.63, 3.8) is 0 Å². The molecule has 3 heterocycles. The number of nitrogens with zero attached hydrogens (tertiary/aromatic N) is 3. The van der Waals surface area contributed by atoms with Gasteiger partial charge in [-0.2, -0.15) is 5.10 Å². The lowest BCUT2D eigenvalue weighted by Crippen LogP contribution is -2.32. The highest BCUT2D eigenvalue weighted by molar-refractivity contribution is 7.09. The van der Waals surface area contributed by atoms with Gasteiger partial charge in [-0.05, 0) is 32.4 Å². The fourth-order valence-corrected chi connectivity index (χ4v) is 3.19. The van der Waals surface area contributed by atoms with E-state index in [0.29, 0.717) is 18.3 Å². The number of thiazole rings is 1. The number of aromatic nitrogens is 3. The van der Waals surface area contributed by atoms with Crippen molar-refractivity contribution in [2.24, 2.45) is 0 Å². The zero-order valence-electron chi connectivity index (χ0n) is 12.4. The number of halogens is 1. The molecular weight excluding hydrogens is 322 g/mol. The molecule has 1 atom stereocenters. The first-order chi connectivity index (χ1) is 10.2. The van der Waals surface area contributed by atoms with Crippen LogP contribution in [-0.4, -0.2) is 33.8 Å². The molecular formula is C14H20ClN5OS. The van der Waals surface area contributed by atoms with Gasteiger partial charge in [-0.25, -0.2) is 4.98 Å². The van der Waals surface area contributed by atoms with Crippen LogP contribution in [0.3, 0.4) is 0 Å². The summed E-state index contributed by atoms with van der Waals surface area (Å²) in [6.45, 7) is 4.44. The lowest BCUT2D eigenvalue weighted by Gasteiger charge is -2.22. The average Bonchev–Trinajstić information content (AvgIpc) is 3.15. The Morgan fingerprint density at radius 2 is 2.45 bits per heavy atom. The number of carbonyl (C=O) groups excluding carboxylic acids is 1. The minimum absolute atomic E-state index is 0. The van der Waals surface area contributed by atoms with E-state index >= 15 is 0 Å². The Hall–Kier alpha value is -1.44. The van der Waals surface area contributed by atoms with Crippen LogP contribution in [-0.2, 0) is 6.54 Å². The summed E-state index contributed by atoms with van der Waals surface area (Å²) < 4.78 is 1.90. The van der Waals surface area contributed by atoms with Gasteiger partial charge in [0.15, 0.2) is 0 Å². The van der Waals surface area contributed by atoms with E-state index in [-0.39, 0.29) is 18.3 Å². The van der Waals surface area contributed by atoms with Crippen LogP contribution in [0.25, 0.3) is 0 Å². The molecule has 6 nitrogen and oxygen atoms in total. The quantitative estimate of drug-likeness (QED) is 0.891. The predicted molar refractivity (Wildman–Crippen MR) is 88.6 cm³/mol. The minimum Gasteiger partial charge on any atom is -0.346 e. The Morgan fingerprint density at radius 3 is 3.14 bits per heavy atom. The van der Waals surface area contributed by atoms with Crippen molar-refractivity contribution in [2.75, 3.05) is 13.1 Å². The lowest BCUT2D eigenvalue weighted by atomic mass is 10.1. The van der Waals surface area contributed by atoms with E-state index in [9.17, 15) is 4.79 Å². The lowest BCUT2D eigenvalue weighted by molar-refractivity contribution is 0.0945. The molecule has 0 saturated carbocycles. The Kier molecular flexibility index (Phi) is 5.93. The van der Waals surface area contributed by atoms with E-state index < -0.39 is 0 Å². The molecule has 3 rings (SSSR count). The zero-order valence-corrected chi connectivity index (χ0v) is 14.0. The van der Waals surface area contributed by atoms with Gasteiger partial charge in [-0.3, -0.25) is 9.48 Å². The van der Waals surface area contributed by atoms with Gasteiger partial charge in [0.25, 0.3) is 5.91 Å². The second kappa shape index (κ2) is 7.71. The molecule has 120 valence electrons. The van der Waals surface area contributed by atoms with Crippen LogP contribution in [0.15, 0.2) is 17.8 Å². The van der Waals surface area contributed by atoms with E-state index in [1.807, 2.05) is 17.8 Å². The number of hydrogen-bond donors (Lipinski definition) is 2. The van der Waals surface area contributed by atoms with Crippen LogP contribution < -0.4 is 10.6 Å². The number of amides is 1. The van der Waals surface area contributed by atoms with Crippen molar-refractivity contribution in [3.05, 3.63) is 34.0 Å². The first-order valence-electron chi connectivity index (χ1n) is 7.17. The van der Waals surface area contributed by atoms with Gasteiger partial charge in [0.2, 0.25) is 0 Å². The molecule has 0 radical (unpaired) electrons. The molecule has 2 aromatic heterocycles. The van der Waals surface area contributed by atoms with E-state index in [1.54, 1.807) is 22.9 Å². The molecule has 0 bridgehead atoms. The molecule has 1 amide bonds. The molecule has 0 aliphatic carbocycles. The summed E-state index contributed by atoms with van der Waals surface area (Å²) in [4.78, 5) is 17.4. The fraction of sp³-hybridized carbons (Fsp3) is 0.500. The van der Waals surface area contributed by atoms with Crippen LogP contribution in [0.2, 0.25) is 0 Å².